The van der Waals surface area contributed by atoms with Gasteiger partial charge in [0.15, 0.2) is 4.80 Å². The Bertz CT molecular complexity index is 1140. The average molecular weight is 400 g/mol. The van der Waals surface area contributed by atoms with Crippen LogP contribution in [-0.2, 0) is 11.3 Å². The van der Waals surface area contributed by atoms with E-state index >= 15 is 0 Å². The zero-order chi connectivity index (χ0) is 19.1. The fraction of sp³-hybridized carbons (Fsp3) is 0.158. The van der Waals surface area contributed by atoms with Gasteiger partial charge in [-0.15, -0.1) is 0 Å². The normalized spacial score (nSPS) is 14.3. The molecule has 0 saturated heterocycles. The van der Waals surface area contributed by atoms with Crippen molar-refractivity contribution in [3.05, 3.63) is 63.4 Å². The van der Waals surface area contributed by atoms with Gasteiger partial charge < -0.3 is 4.57 Å². The number of carbonyl (C=O) groups is 3. The summed E-state index contributed by atoms with van der Waals surface area (Å²) in [6.07, 6.45) is 0. The van der Waals surface area contributed by atoms with Gasteiger partial charge in [-0.05, 0) is 31.2 Å². The fourth-order valence-corrected chi connectivity index (χ4v) is 4.60. The minimum Gasteiger partial charge on any atom is -0.315 e. The summed E-state index contributed by atoms with van der Waals surface area (Å²) in [5, 5.41) is 0.583. The third-order valence-electron chi connectivity index (χ3n) is 4.36. The number of hydrogen-bond acceptors (Lipinski definition) is 4. The zero-order valence-electron chi connectivity index (χ0n) is 14.3. The zero-order valence-corrected chi connectivity index (χ0v) is 15.9. The lowest BCUT2D eigenvalue weighted by molar-refractivity contribution is -0.118. The Morgan fingerprint density at radius 2 is 1.74 bits per heavy atom. The van der Waals surface area contributed by atoms with Gasteiger partial charge >= 0.3 is 0 Å². The average Bonchev–Trinajstić information content (AvgIpc) is 3.13. The van der Waals surface area contributed by atoms with Gasteiger partial charge in [0.05, 0.1) is 26.4 Å². The second-order valence-electron chi connectivity index (χ2n) is 5.96. The molecule has 2 heterocycles. The molecule has 0 atom stereocenters. The molecule has 2 aromatic carbocycles. The van der Waals surface area contributed by atoms with E-state index < -0.39 is 24.3 Å². The van der Waals surface area contributed by atoms with E-state index in [0.29, 0.717) is 27.5 Å². The summed E-state index contributed by atoms with van der Waals surface area (Å²) >= 11 is 7.62. The number of thiazole rings is 1. The maximum atomic E-state index is 12.5. The molecule has 0 unspecified atom stereocenters. The van der Waals surface area contributed by atoms with Gasteiger partial charge in [0, 0.05) is 6.54 Å². The van der Waals surface area contributed by atoms with Crippen molar-refractivity contribution in [1.29, 1.82) is 0 Å². The highest BCUT2D eigenvalue weighted by atomic mass is 35.5. The minimum absolute atomic E-state index is 0.313. The molecule has 1 aliphatic heterocycles. The van der Waals surface area contributed by atoms with Crippen LogP contribution in [0.4, 0.5) is 0 Å². The van der Waals surface area contributed by atoms with Crippen molar-refractivity contribution in [3.63, 3.8) is 0 Å². The Hall–Kier alpha value is -2.77. The summed E-state index contributed by atoms with van der Waals surface area (Å²) in [6, 6.07) is 12.1. The van der Waals surface area contributed by atoms with Crippen LogP contribution in [0.15, 0.2) is 47.5 Å². The van der Waals surface area contributed by atoms with E-state index in [1.807, 2.05) is 23.6 Å². The first-order valence-electron chi connectivity index (χ1n) is 8.32. The molecule has 0 fully saturated rings. The Morgan fingerprint density at radius 3 is 2.37 bits per heavy atom. The summed E-state index contributed by atoms with van der Waals surface area (Å²) in [6.45, 7) is 2.13. The molecule has 6 nitrogen and oxygen atoms in total. The second kappa shape index (κ2) is 6.75. The maximum Gasteiger partial charge on any atom is 0.268 e. The van der Waals surface area contributed by atoms with Crippen molar-refractivity contribution < 1.29 is 14.4 Å². The van der Waals surface area contributed by atoms with Crippen molar-refractivity contribution in [1.82, 2.24) is 9.47 Å². The molecule has 0 N–H and O–H groups in total. The molecule has 0 aliphatic carbocycles. The third-order valence-corrected chi connectivity index (χ3v) is 5.71. The number of nitrogens with zero attached hydrogens (tertiary/aromatic N) is 3. The van der Waals surface area contributed by atoms with E-state index in [-0.39, 0.29) is 0 Å². The van der Waals surface area contributed by atoms with Crippen LogP contribution in [0.5, 0.6) is 0 Å². The Balaban J connectivity index is 1.68. The largest absolute Gasteiger partial charge is 0.315 e. The number of benzene rings is 2. The van der Waals surface area contributed by atoms with E-state index in [1.54, 1.807) is 30.3 Å². The lowest BCUT2D eigenvalue weighted by Gasteiger charge is -2.10. The Kier molecular flexibility index (Phi) is 4.41. The van der Waals surface area contributed by atoms with Gasteiger partial charge in [0.25, 0.3) is 17.7 Å². The first-order valence-corrected chi connectivity index (χ1v) is 9.51. The molecule has 27 heavy (non-hydrogen) atoms. The molecule has 3 amide bonds. The van der Waals surface area contributed by atoms with Crippen LogP contribution in [0.1, 0.15) is 27.6 Å². The van der Waals surface area contributed by atoms with E-state index in [9.17, 15) is 14.4 Å². The Morgan fingerprint density at radius 1 is 1.07 bits per heavy atom. The number of aryl methyl sites for hydroxylation is 1. The quantitative estimate of drug-likeness (QED) is 0.635. The molecule has 0 spiro atoms. The summed E-state index contributed by atoms with van der Waals surface area (Å²) in [7, 11) is 0. The topological polar surface area (TPSA) is 71.7 Å². The number of imide groups is 1. The summed E-state index contributed by atoms with van der Waals surface area (Å²) < 4.78 is 2.76. The minimum atomic E-state index is -0.561. The molecule has 136 valence electrons. The van der Waals surface area contributed by atoms with Gasteiger partial charge in [-0.2, -0.15) is 4.99 Å². The van der Waals surface area contributed by atoms with Crippen LogP contribution in [0.3, 0.4) is 0 Å². The van der Waals surface area contributed by atoms with Crippen LogP contribution in [-0.4, -0.2) is 33.7 Å². The molecule has 8 heteroatoms. The number of carbonyl (C=O) groups excluding carboxylic acids is 3. The van der Waals surface area contributed by atoms with E-state index in [1.165, 1.54) is 11.3 Å². The number of fused-ring (bicyclic) bond motifs is 2. The highest BCUT2D eigenvalue weighted by Crippen LogP contribution is 2.25. The predicted octanol–water partition coefficient (Wildman–Crippen LogP) is 3.10. The number of rotatable bonds is 3. The first-order chi connectivity index (χ1) is 13.0. The molecule has 0 saturated carbocycles. The number of halogens is 1. The van der Waals surface area contributed by atoms with Gasteiger partial charge in [-0.25, -0.2) is 0 Å². The molecule has 1 aliphatic rings. The molecular weight excluding hydrogens is 386 g/mol. The lowest BCUT2D eigenvalue weighted by Crippen LogP contribution is -2.35. The fourth-order valence-electron chi connectivity index (χ4n) is 3.13. The summed E-state index contributed by atoms with van der Waals surface area (Å²) in [5.41, 5.74) is 1.44. The van der Waals surface area contributed by atoms with Gasteiger partial charge in [-0.1, -0.05) is 41.1 Å². The summed E-state index contributed by atoms with van der Waals surface area (Å²) in [5.74, 6) is -1.50. The number of amides is 3. The van der Waals surface area contributed by atoms with Crippen LogP contribution < -0.4 is 4.80 Å². The van der Waals surface area contributed by atoms with Crippen LogP contribution in [0.2, 0.25) is 5.02 Å². The van der Waals surface area contributed by atoms with Crippen LogP contribution >= 0.6 is 22.9 Å². The van der Waals surface area contributed by atoms with Crippen LogP contribution in [0, 0.1) is 0 Å². The smallest absolute Gasteiger partial charge is 0.268 e. The van der Waals surface area contributed by atoms with Crippen molar-refractivity contribution in [3.8, 4) is 0 Å². The molecule has 0 bridgehead atoms. The number of aromatic nitrogens is 1. The van der Waals surface area contributed by atoms with E-state index in [0.717, 1.165) is 15.1 Å². The second-order valence-corrected chi connectivity index (χ2v) is 7.38. The Labute approximate surface area is 163 Å². The first kappa shape index (κ1) is 17.6. The highest BCUT2D eigenvalue weighted by Gasteiger charge is 2.36. The standard InChI is InChI=1S/C19H14ClN3O3S/c1-2-22-16-13(20)8-5-9-14(16)27-19(22)21-15(24)10-23-17(25)11-6-3-4-7-12(11)18(23)26/h3-9H,2,10H2,1H3. The predicted molar refractivity (Wildman–Crippen MR) is 103 cm³/mol. The van der Waals surface area contributed by atoms with Gasteiger partial charge in [0.2, 0.25) is 0 Å². The SMILES string of the molecule is CCn1c(=NC(=O)CN2C(=O)c3ccccc3C2=O)sc2cccc(Cl)c21. The number of hydrogen-bond donors (Lipinski definition) is 0. The lowest BCUT2D eigenvalue weighted by atomic mass is 10.1. The van der Waals surface area contributed by atoms with Crippen molar-refractivity contribution in [2.45, 2.75) is 13.5 Å². The van der Waals surface area contributed by atoms with Crippen molar-refractivity contribution >= 4 is 50.9 Å². The van der Waals surface area contributed by atoms with E-state index in [4.69, 9.17) is 11.6 Å². The molecule has 4 rings (SSSR count). The van der Waals surface area contributed by atoms with Gasteiger partial charge in [0.1, 0.15) is 6.54 Å². The van der Waals surface area contributed by atoms with E-state index in [2.05, 4.69) is 4.99 Å². The molecule has 0 radical (unpaired) electrons. The summed E-state index contributed by atoms with van der Waals surface area (Å²) in [4.78, 5) is 42.8. The number of para-hydroxylation sites is 1. The molecular formula is C19H14ClN3O3S. The van der Waals surface area contributed by atoms with Crippen molar-refractivity contribution in [2.75, 3.05) is 6.54 Å². The molecule has 1 aromatic heterocycles. The molecule has 3 aromatic rings. The highest BCUT2D eigenvalue weighted by molar-refractivity contribution is 7.16. The van der Waals surface area contributed by atoms with Gasteiger partial charge in [-0.3, -0.25) is 19.3 Å². The monoisotopic (exact) mass is 399 g/mol. The third kappa shape index (κ3) is 2.89. The maximum absolute atomic E-state index is 12.5. The van der Waals surface area contributed by atoms with Crippen LogP contribution in [0.25, 0.3) is 10.2 Å². The van der Waals surface area contributed by atoms with Crippen molar-refractivity contribution in [2.24, 2.45) is 4.99 Å².